The van der Waals surface area contributed by atoms with Crippen molar-refractivity contribution in [2.45, 2.75) is 13.8 Å². The average Bonchev–Trinajstić information content (AvgIpc) is 2.27. The molecule has 3 heteroatoms. The van der Waals surface area contributed by atoms with Crippen LogP contribution in [0.1, 0.15) is 11.1 Å². The summed E-state index contributed by atoms with van der Waals surface area (Å²) in [6.45, 7) is 4.14. The summed E-state index contributed by atoms with van der Waals surface area (Å²) in [6.07, 6.45) is 0. The van der Waals surface area contributed by atoms with E-state index in [1.807, 2.05) is 36.4 Å². The highest BCUT2D eigenvalue weighted by molar-refractivity contribution is 14.1. The van der Waals surface area contributed by atoms with Gasteiger partial charge < -0.3 is 0 Å². The molecular formula is C14H13IN2. The van der Waals surface area contributed by atoms with Gasteiger partial charge >= 0.3 is 0 Å². The van der Waals surface area contributed by atoms with E-state index in [2.05, 4.69) is 52.7 Å². The Morgan fingerprint density at radius 1 is 0.882 bits per heavy atom. The van der Waals surface area contributed by atoms with Crippen LogP contribution in [0.3, 0.4) is 0 Å². The normalized spacial score (nSPS) is 11.0. The zero-order chi connectivity index (χ0) is 12.3. The quantitative estimate of drug-likeness (QED) is 0.524. The van der Waals surface area contributed by atoms with Crippen molar-refractivity contribution in [3.8, 4) is 0 Å². The third-order valence-electron chi connectivity index (χ3n) is 2.33. The predicted octanol–water partition coefficient (Wildman–Crippen LogP) is 5.32. The van der Waals surface area contributed by atoms with Gasteiger partial charge in [0, 0.05) is 3.57 Å². The summed E-state index contributed by atoms with van der Waals surface area (Å²) >= 11 is 2.26. The molecule has 0 N–H and O–H groups in total. The summed E-state index contributed by atoms with van der Waals surface area (Å²) in [5.74, 6) is 0. The van der Waals surface area contributed by atoms with Crippen molar-refractivity contribution >= 4 is 34.0 Å². The van der Waals surface area contributed by atoms with E-state index in [9.17, 15) is 0 Å². The Morgan fingerprint density at radius 2 is 1.53 bits per heavy atom. The third-order valence-corrected chi connectivity index (χ3v) is 3.24. The van der Waals surface area contributed by atoms with Gasteiger partial charge in [0.25, 0.3) is 0 Å². The number of benzene rings is 2. The van der Waals surface area contributed by atoms with Gasteiger partial charge in [0.15, 0.2) is 0 Å². The van der Waals surface area contributed by atoms with Gasteiger partial charge in [0.05, 0.1) is 11.4 Å². The van der Waals surface area contributed by atoms with Crippen LogP contribution in [-0.4, -0.2) is 0 Å². The Labute approximate surface area is 115 Å². The van der Waals surface area contributed by atoms with Crippen LogP contribution < -0.4 is 0 Å². The van der Waals surface area contributed by atoms with E-state index in [1.54, 1.807) is 0 Å². The van der Waals surface area contributed by atoms with Crippen molar-refractivity contribution < 1.29 is 0 Å². The van der Waals surface area contributed by atoms with Crippen molar-refractivity contribution in [1.82, 2.24) is 0 Å². The monoisotopic (exact) mass is 336 g/mol. The molecule has 0 amide bonds. The van der Waals surface area contributed by atoms with Crippen LogP contribution in [0.5, 0.6) is 0 Å². The van der Waals surface area contributed by atoms with Crippen LogP contribution in [0.25, 0.3) is 0 Å². The van der Waals surface area contributed by atoms with E-state index in [0.29, 0.717) is 0 Å². The molecule has 2 aromatic rings. The molecule has 0 unspecified atom stereocenters. The number of aryl methyl sites for hydroxylation is 2. The fourth-order valence-corrected chi connectivity index (χ4v) is 2.15. The van der Waals surface area contributed by atoms with Crippen LogP contribution in [-0.2, 0) is 0 Å². The van der Waals surface area contributed by atoms with Gasteiger partial charge in [-0.2, -0.15) is 5.11 Å². The van der Waals surface area contributed by atoms with Crippen molar-refractivity contribution in [2.24, 2.45) is 10.2 Å². The van der Waals surface area contributed by atoms with Gasteiger partial charge in [0.1, 0.15) is 0 Å². The maximum Gasteiger partial charge on any atom is 0.0990 e. The summed E-state index contributed by atoms with van der Waals surface area (Å²) in [4.78, 5) is 0. The molecule has 2 rings (SSSR count). The number of nitrogens with zero attached hydrogens (tertiary/aromatic N) is 2. The molecule has 0 aliphatic rings. The molecule has 0 saturated carbocycles. The van der Waals surface area contributed by atoms with Crippen LogP contribution >= 0.6 is 22.6 Å². The van der Waals surface area contributed by atoms with Crippen LogP contribution in [0.15, 0.2) is 52.7 Å². The molecule has 2 nitrogen and oxygen atoms in total. The van der Waals surface area contributed by atoms with Gasteiger partial charge in [-0.1, -0.05) is 18.2 Å². The fraction of sp³-hybridized carbons (Fsp3) is 0.143. The number of halogens is 1. The first kappa shape index (κ1) is 12.2. The van der Waals surface area contributed by atoms with Crippen LogP contribution in [0.2, 0.25) is 0 Å². The molecule has 2 aromatic carbocycles. The highest BCUT2D eigenvalue weighted by atomic mass is 127. The molecular weight excluding hydrogens is 323 g/mol. The Balaban J connectivity index is 2.29. The first-order valence-electron chi connectivity index (χ1n) is 5.40. The number of hydrogen-bond acceptors (Lipinski definition) is 2. The minimum Gasteiger partial charge on any atom is -0.151 e. The standard InChI is InChI=1S/C14H13IN2/c1-10-7-11(2)9-12(8-10)16-17-14-6-4-3-5-13(14)15/h3-9H,1-2H3. The SMILES string of the molecule is Cc1cc(C)cc(N=Nc2ccccc2I)c1. The van der Waals surface area contributed by atoms with Crippen LogP contribution in [0.4, 0.5) is 11.4 Å². The molecule has 0 aliphatic carbocycles. The molecule has 0 radical (unpaired) electrons. The van der Waals surface area contributed by atoms with Crippen molar-refractivity contribution in [3.63, 3.8) is 0 Å². The van der Waals surface area contributed by atoms with Crippen molar-refractivity contribution in [2.75, 3.05) is 0 Å². The summed E-state index contributed by atoms with van der Waals surface area (Å²) in [6, 6.07) is 14.2. The van der Waals surface area contributed by atoms with E-state index in [-0.39, 0.29) is 0 Å². The molecule has 17 heavy (non-hydrogen) atoms. The largest absolute Gasteiger partial charge is 0.151 e. The third kappa shape index (κ3) is 3.36. The van der Waals surface area contributed by atoms with E-state index in [4.69, 9.17) is 0 Å². The second kappa shape index (κ2) is 5.40. The summed E-state index contributed by atoms with van der Waals surface area (Å²) in [5.41, 5.74) is 4.23. The molecule has 0 spiro atoms. The van der Waals surface area contributed by atoms with E-state index < -0.39 is 0 Å². The summed E-state index contributed by atoms with van der Waals surface area (Å²) < 4.78 is 1.11. The number of hydrogen-bond donors (Lipinski definition) is 0. The molecule has 0 heterocycles. The molecule has 0 aliphatic heterocycles. The lowest BCUT2D eigenvalue weighted by atomic mass is 10.1. The predicted molar refractivity (Wildman–Crippen MR) is 79.3 cm³/mol. The van der Waals surface area contributed by atoms with Gasteiger partial charge in [-0.25, -0.2) is 0 Å². The molecule has 0 saturated heterocycles. The highest BCUT2D eigenvalue weighted by Gasteiger charge is 1.97. The van der Waals surface area contributed by atoms with Gasteiger partial charge in [0.2, 0.25) is 0 Å². The smallest absolute Gasteiger partial charge is 0.0990 e. The molecule has 0 bridgehead atoms. The second-order valence-electron chi connectivity index (χ2n) is 4.00. The zero-order valence-corrected chi connectivity index (χ0v) is 12.0. The Bertz CT molecular complexity index is 542. The van der Waals surface area contributed by atoms with Gasteiger partial charge in [-0.3, -0.25) is 0 Å². The maximum atomic E-state index is 4.28. The lowest BCUT2D eigenvalue weighted by Crippen LogP contribution is -1.76. The maximum absolute atomic E-state index is 4.28. The average molecular weight is 336 g/mol. The van der Waals surface area contributed by atoms with Crippen LogP contribution in [0, 0.1) is 17.4 Å². The summed E-state index contributed by atoms with van der Waals surface area (Å²) in [7, 11) is 0. The van der Waals surface area contributed by atoms with Gasteiger partial charge in [-0.05, 0) is 71.8 Å². The van der Waals surface area contributed by atoms with Crippen molar-refractivity contribution in [3.05, 3.63) is 57.2 Å². The first-order chi connectivity index (χ1) is 8.15. The lowest BCUT2D eigenvalue weighted by Gasteiger charge is -1.99. The number of azo groups is 1. The van der Waals surface area contributed by atoms with Gasteiger partial charge in [-0.15, -0.1) is 5.11 Å². The second-order valence-corrected chi connectivity index (χ2v) is 5.16. The lowest BCUT2D eigenvalue weighted by molar-refractivity contribution is 1.21. The van der Waals surface area contributed by atoms with E-state index >= 15 is 0 Å². The molecule has 0 aromatic heterocycles. The number of rotatable bonds is 2. The minimum atomic E-state index is 0.905. The molecule has 0 atom stereocenters. The van der Waals surface area contributed by atoms with E-state index in [1.165, 1.54) is 11.1 Å². The minimum absolute atomic E-state index is 0.905. The summed E-state index contributed by atoms with van der Waals surface area (Å²) in [5, 5.41) is 8.55. The zero-order valence-electron chi connectivity index (χ0n) is 9.81. The van der Waals surface area contributed by atoms with Crippen molar-refractivity contribution in [1.29, 1.82) is 0 Å². The highest BCUT2D eigenvalue weighted by Crippen LogP contribution is 2.24. The fourth-order valence-electron chi connectivity index (χ4n) is 1.65. The topological polar surface area (TPSA) is 24.7 Å². The Morgan fingerprint density at radius 3 is 2.18 bits per heavy atom. The Hall–Kier alpha value is -1.23. The van der Waals surface area contributed by atoms with E-state index in [0.717, 1.165) is 14.9 Å². The Kier molecular flexibility index (Phi) is 3.89. The molecule has 0 fully saturated rings. The first-order valence-corrected chi connectivity index (χ1v) is 6.47. The molecule has 86 valence electrons.